The summed E-state index contributed by atoms with van der Waals surface area (Å²) in [7, 11) is 0. The van der Waals surface area contributed by atoms with Crippen LogP contribution in [0.5, 0.6) is 0 Å². The molecule has 0 heterocycles. The normalized spacial score (nSPS) is 12.0. The van der Waals surface area contributed by atoms with E-state index in [4.69, 9.17) is 11.2 Å². The Balaban J connectivity index is 1.97. The van der Waals surface area contributed by atoms with Gasteiger partial charge in [0.05, 0.1) is 6.61 Å². The van der Waals surface area contributed by atoms with Crippen molar-refractivity contribution >= 4 is 0 Å². The Labute approximate surface area is 104 Å². The van der Waals surface area contributed by atoms with Crippen LogP contribution in [0.4, 0.5) is 0 Å². The van der Waals surface area contributed by atoms with Crippen LogP contribution in [0.3, 0.4) is 0 Å². The van der Waals surface area contributed by atoms with Gasteiger partial charge in [-0.1, -0.05) is 30.3 Å². The van der Waals surface area contributed by atoms with Crippen molar-refractivity contribution in [2.75, 3.05) is 13.2 Å². The molecule has 0 radical (unpaired) electrons. The van der Waals surface area contributed by atoms with Crippen molar-refractivity contribution < 1.29 is 4.74 Å². The summed E-state index contributed by atoms with van der Waals surface area (Å²) in [5.41, 5.74) is 1.22. The summed E-state index contributed by atoms with van der Waals surface area (Å²) in [4.78, 5) is 0. The van der Waals surface area contributed by atoms with E-state index in [0.717, 1.165) is 26.0 Å². The lowest BCUT2D eigenvalue weighted by atomic mass is 10.2. The average Bonchev–Trinajstić information content (AvgIpc) is 2.35. The van der Waals surface area contributed by atoms with E-state index in [1.807, 2.05) is 18.2 Å². The third-order valence-electron chi connectivity index (χ3n) is 2.49. The lowest BCUT2D eigenvalue weighted by Crippen LogP contribution is -2.27. The highest BCUT2D eigenvalue weighted by atomic mass is 16.5. The van der Waals surface area contributed by atoms with Gasteiger partial charge in [0.25, 0.3) is 0 Å². The van der Waals surface area contributed by atoms with Crippen LogP contribution in [0, 0.1) is 12.3 Å². The fourth-order valence-electron chi connectivity index (χ4n) is 1.54. The molecule has 0 saturated carbocycles. The van der Waals surface area contributed by atoms with Crippen LogP contribution in [-0.2, 0) is 11.3 Å². The Morgan fingerprint density at radius 3 is 2.82 bits per heavy atom. The Morgan fingerprint density at radius 2 is 2.12 bits per heavy atom. The zero-order chi connectivity index (χ0) is 12.3. The van der Waals surface area contributed by atoms with Crippen molar-refractivity contribution in [3.8, 4) is 12.3 Å². The van der Waals surface area contributed by atoms with Crippen LogP contribution in [0.2, 0.25) is 0 Å². The van der Waals surface area contributed by atoms with Gasteiger partial charge < -0.3 is 10.1 Å². The van der Waals surface area contributed by atoms with Crippen LogP contribution >= 0.6 is 0 Å². The fourth-order valence-corrected chi connectivity index (χ4v) is 1.54. The van der Waals surface area contributed by atoms with Gasteiger partial charge in [0.15, 0.2) is 0 Å². The minimum atomic E-state index is 0.397. The zero-order valence-corrected chi connectivity index (χ0v) is 10.5. The number of terminal acetylenes is 1. The van der Waals surface area contributed by atoms with Crippen LogP contribution < -0.4 is 5.32 Å². The minimum absolute atomic E-state index is 0.397. The summed E-state index contributed by atoms with van der Waals surface area (Å²) in [6.07, 6.45) is 7.03. The first-order chi connectivity index (χ1) is 8.33. The van der Waals surface area contributed by atoms with Gasteiger partial charge in [0, 0.05) is 19.1 Å². The maximum absolute atomic E-state index is 5.58. The van der Waals surface area contributed by atoms with Gasteiger partial charge in [-0.3, -0.25) is 0 Å². The molecule has 1 aromatic rings. The second kappa shape index (κ2) is 8.81. The first-order valence-corrected chi connectivity index (χ1v) is 6.11. The Hall–Kier alpha value is -1.30. The Morgan fingerprint density at radius 1 is 1.35 bits per heavy atom. The molecule has 1 unspecified atom stereocenters. The van der Waals surface area contributed by atoms with Crippen LogP contribution in [0.25, 0.3) is 0 Å². The van der Waals surface area contributed by atoms with Crippen molar-refractivity contribution in [1.82, 2.24) is 5.32 Å². The number of nitrogens with one attached hydrogen (secondary N) is 1. The molecule has 92 valence electrons. The predicted molar refractivity (Wildman–Crippen MR) is 71.6 cm³/mol. The monoisotopic (exact) mass is 231 g/mol. The fraction of sp³-hybridized carbons (Fsp3) is 0.467. The van der Waals surface area contributed by atoms with Crippen molar-refractivity contribution in [1.29, 1.82) is 0 Å². The number of benzene rings is 1. The van der Waals surface area contributed by atoms with Crippen LogP contribution in [0.15, 0.2) is 30.3 Å². The third kappa shape index (κ3) is 6.78. The molecule has 0 aromatic heterocycles. The molecule has 2 heteroatoms. The summed E-state index contributed by atoms with van der Waals surface area (Å²) >= 11 is 0. The minimum Gasteiger partial charge on any atom is -0.377 e. The molecule has 1 N–H and O–H groups in total. The van der Waals surface area contributed by atoms with Crippen LogP contribution in [0.1, 0.15) is 25.3 Å². The SMILES string of the molecule is C#CCC(C)NCCCOCc1ccccc1. The highest BCUT2D eigenvalue weighted by Crippen LogP contribution is 2.00. The van der Waals surface area contributed by atoms with E-state index in [-0.39, 0.29) is 0 Å². The summed E-state index contributed by atoms with van der Waals surface area (Å²) in [5.74, 6) is 2.65. The van der Waals surface area contributed by atoms with E-state index >= 15 is 0 Å². The van der Waals surface area contributed by atoms with Gasteiger partial charge in [-0.15, -0.1) is 12.3 Å². The molecule has 1 aromatic carbocycles. The quantitative estimate of drug-likeness (QED) is 0.548. The Kier molecular flexibility index (Phi) is 7.13. The average molecular weight is 231 g/mol. The van der Waals surface area contributed by atoms with E-state index in [2.05, 4.69) is 30.3 Å². The largest absolute Gasteiger partial charge is 0.377 e. The molecule has 0 spiro atoms. The lowest BCUT2D eigenvalue weighted by Gasteiger charge is -2.10. The standard InChI is InChI=1S/C15H21NO/c1-3-8-14(2)16-11-7-12-17-13-15-9-5-4-6-10-15/h1,4-6,9-10,14,16H,7-8,11-13H2,2H3. The van der Waals surface area contributed by atoms with Gasteiger partial charge in [0.2, 0.25) is 0 Å². The Bertz CT molecular complexity index is 329. The first-order valence-electron chi connectivity index (χ1n) is 6.11. The van der Waals surface area contributed by atoms with Crippen LogP contribution in [-0.4, -0.2) is 19.2 Å². The first kappa shape index (κ1) is 13.8. The second-order valence-electron chi connectivity index (χ2n) is 4.16. The van der Waals surface area contributed by atoms with Gasteiger partial charge >= 0.3 is 0 Å². The van der Waals surface area contributed by atoms with Gasteiger partial charge in [-0.25, -0.2) is 0 Å². The second-order valence-corrected chi connectivity index (χ2v) is 4.16. The van der Waals surface area contributed by atoms with Gasteiger partial charge in [-0.05, 0) is 25.5 Å². The number of rotatable bonds is 8. The van der Waals surface area contributed by atoms with Gasteiger partial charge in [-0.2, -0.15) is 0 Å². The maximum Gasteiger partial charge on any atom is 0.0716 e. The van der Waals surface area contributed by atoms with Gasteiger partial charge in [0.1, 0.15) is 0 Å². The molecule has 0 saturated heterocycles. The molecule has 0 amide bonds. The highest BCUT2D eigenvalue weighted by Gasteiger charge is 1.97. The molecule has 0 fully saturated rings. The van der Waals surface area contributed by atoms with Crippen molar-refractivity contribution in [3.63, 3.8) is 0 Å². The molecule has 1 rings (SSSR count). The molecule has 0 aliphatic rings. The molecule has 2 nitrogen and oxygen atoms in total. The van der Waals surface area contributed by atoms with Crippen molar-refractivity contribution in [3.05, 3.63) is 35.9 Å². The van der Waals surface area contributed by atoms with Crippen molar-refractivity contribution in [2.45, 2.75) is 32.4 Å². The molecular formula is C15H21NO. The molecule has 17 heavy (non-hydrogen) atoms. The van der Waals surface area contributed by atoms with E-state index in [9.17, 15) is 0 Å². The molecule has 1 atom stereocenters. The summed E-state index contributed by atoms with van der Waals surface area (Å²) in [6, 6.07) is 10.6. The van der Waals surface area contributed by atoms with E-state index < -0.39 is 0 Å². The molecule has 0 bridgehead atoms. The summed E-state index contributed by atoms with van der Waals surface area (Å²) < 4.78 is 5.58. The van der Waals surface area contributed by atoms with E-state index in [1.54, 1.807) is 0 Å². The number of hydrogen-bond acceptors (Lipinski definition) is 2. The maximum atomic E-state index is 5.58. The number of hydrogen-bond donors (Lipinski definition) is 1. The highest BCUT2D eigenvalue weighted by molar-refractivity contribution is 5.13. The smallest absolute Gasteiger partial charge is 0.0716 e. The lowest BCUT2D eigenvalue weighted by molar-refractivity contribution is 0.118. The predicted octanol–water partition coefficient (Wildman–Crippen LogP) is 2.59. The molecular weight excluding hydrogens is 210 g/mol. The van der Waals surface area contributed by atoms with E-state index in [0.29, 0.717) is 12.6 Å². The summed E-state index contributed by atoms with van der Waals surface area (Å²) in [5, 5.41) is 3.36. The zero-order valence-electron chi connectivity index (χ0n) is 10.5. The topological polar surface area (TPSA) is 21.3 Å². The van der Waals surface area contributed by atoms with Crippen molar-refractivity contribution in [2.24, 2.45) is 0 Å². The third-order valence-corrected chi connectivity index (χ3v) is 2.49. The molecule has 0 aliphatic carbocycles. The number of ether oxygens (including phenoxy) is 1. The van der Waals surface area contributed by atoms with E-state index in [1.165, 1.54) is 5.56 Å². The molecule has 0 aliphatic heterocycles. The summed E-state index contributed by atoms with van der Waals surface area (Å²) in [6.45, 7) is 4.54.